The summed E-state index contributed by atoms with van der Waals surface area (Å²) in [5.74, 6) is 1.25. The minimum atomic E-state index is -0.131. The molecule has 4 nitrogen and oxygen atoms in total. The number of carbonyl (C=O) groups is 1. The zero-order chi connectivity index (χ0) is 15.1. The van der Waals surface area contributed by atoms with Crippen molar-refractivity contribution >= 4 is 5.78 Å². The molecular formula is C17H15NO3. The van der Waals surface area contributed by atoms with Crippen LogP contribution in [0.2, 0.25) is 0 Å². The van der Waals surface area contributed by atoms with Crippen molar-refractivity contribution in [2.45, 2.75) is 6.92 Å². The van der Waals surface area contributed by atoms with Crippen LogP contribution in [0.3, 0.4) is 0 Å². The number of benzene rings is 2. The lowest BCUT2D eigenvalue weighted by Gasteiger charge is -2.07. The second-order valence-electron chi connectivity index (χ2n) is 4.31. The van der Waals surface area contributed by atoms with Gasteiger partial charge in [-0.05, 0) is 55.5 Å². The number of hydrogen-bond donors (Lipinski definition) is 0. The van der Waals surface area contributed by atoms with Gasteiger partial charge in [0.2, 0.25) is 0 Å². The Morgan fingerprint density at radius 3 is 2.10 bits per heavy atom. The third-order valence-electron chi connectivity index (χ3n) is 2.84. The van der Waals surface area contributed by atoms with Crippen molar-refractivity contribution in [3.63, 3.8) is 0 Å². The minimum Gasteiger partial charge on any atom is -0.494 e. The molecule has 2 rings (SSSR count). The molecule has 0 aliphatic heterocycles. The fraction of sp³-hybridized carbons (Fsp3) is 0.176. The molecule has 0 unspecified atom stereocenters. The molecule has 0 radical (unpaired) electrons. The Morgan fingerprint density at radius 2 is 1.57 bits per heavy atom. The van der Waals surface area contributed by atoms with Crippen molar-refractivity contribution in [3.05, 3.63) is 59.7 Å². The lowest BCUT2D eigenvalue weighted by Crippen LogP contribution is -2.11. The van der Waals surface area contributed by atoms with Crippen LogP contribution in [-0.4, -0.2) is 19.0 Å². The molecule has 0 fully saturated rings. The normalized spacial score (nSPS) is 9.71. The van der Waals surface area contributed by atoms with Crippen LogP contribution in [0.15, 0.2) is 48.5 Å². The summed E-state index contributed by atoms with van der Waals surface area (Å²) in [5, 5.41) is 8.71. The Labute approximate surface area is 123 Å². The topological polar surface area (TPSA) is 59.3 Å². The zero-order valence-electron chi connectivity index (χ0n) is 11.7. The first-order chi connectivity index (χ1) is 10.2. The van der Waals surface area contributed by atoms with Crippen LogP contribution in [0.5, 0.6) is 11.5 Å². The molecule has 106 valence electrons. The lowest BCUT2D eigenvalue weighted by atomic mass is 10.1. The Bertz CT molecular complexity index is 639. The molecule has 0 heterocycles. The molecule has 21 heavy (non-hydrogen) atoms. The van der Waals surface area contributed by atoms with Crippen LogP contribution in [-0.2, 0) is 0 Å². The van der Waals surface area contributed by atoms with Crippen LogP contribution in [0.25, 0.3) is 0 Å². The van der Waals surface area contributed by atoms with Crippen molar-refractivity contribution in [2.24, 2.45) is 0 Å². The Balaban J connectivity index is 1.92. The van der Waals surface area contributed by atoms with Gasteiger partial charge in [0.05, 0.1) is 18.2 Å². The second-order valence-corrected chi connectivity index (χ2v) is 4.31. The Morgan fingerprint density at radius 1 is 1.00 bits per heavy atom. The van der Waals surface area contributed by atoms with Gasteiger partial charge in [0.15, 0.2) is 12.4 Å². The third-order valence-corrected chi connectivity index (χ3v) is 2.84. The smallest absolute Gasteiger partial charge is 0.200 e. The van der Waals surface area contributed by atoms with Gasteiger partial charge in [-0.25, -0.2) is 0 Å². The highest BCUT2D eigenvalue weighted by molar-refractivity contribution is 5.97. The van der Waals surface area contributed by atoms with Gasteiger partial charge < -0.3 is 9.47 Å². The van der Waals surface area contributed by atoms with Crippen molar-refractivity contribution in [1.82, 2.24) is 0 Å². The van der Waals surface area contributed by atoms with Crippen LogP contribution < -0.4 is 9.47 Å². The zero-order valence-corrected chi connectivity index (χ0v) is 11.7. The van der Waals surface area contributed by atoms with E-state index in [4.69, 9.17) is 14.7 Å². The molecule has 0 saturated heterocycles. The average molecular weight is 281 g/mol. The van der Waals surface area contributed by atoms with E-state index in [0.717, 1.165) is 5.75 Å². The number of Topliss-reactive ketones (excluding diaryl/α,β-unsaturated/α-hetero) is 1. The molecule has 2 aromatic rings. The predicted octanol–water partition coefficient (Wildman–Crippen LogP) is 3.22. The average Bonchev–Trinajstić information content (AvgIpc) is 2.54. The van der Waals surface area contributed by atoms with Crippen LogP contribution in [0.4, 0.5) is 0 Å². The van der Waals surface area contributed by atoms with E-state index in [1.54, 1.807) is 48.5 Å². The molecule has 4 heteroatoms. The maximum Gasteiger partial charge on any atom is 0.200 e. The van der Waals surface area contributed by atoms with Crippen molar-refractivity contribution in [1.29, 1.82) is 5.26 Å². The standard InChI is InChI=1S/C17H15NO3/c1-2-20-15-7-9-16(10-8-15)21-12-17(19)14-5-3-13(11-18)4-6-14/h3-10H,2,12H2,1H3. The third kappa shape index (κ3) is 4.08. The van der Waals surface area contributed by atoms with Gasteiger partial charge in [-0.3, -0.25) is 4.79 Å². The highest BCUT2D eigenvalue weighted by Gasteiger charge is 2.07. The van der Waals surface area contributed by atoms with E-state index >= 15 is 0 Å². The number of nitriles is 1. The number of hydrogen-bond acceptors (Lipinski definition) is 4. The first kappa shape index (κ1) is 14.6. The number of rotatable bonds is 6. The quantitative estimate of drug-likeness (QED) is 0.763. The van der Waals surface area contributed by atoms with Crippen molar-refractivity contribution < 1.29 is 14.3 Å². The maximum absolute atomic E-state index is 12.0. The SMILES string of the molecule is CCOc1ccc(OCC(=O)c2ccc(C#N)cc2)cc1. The van der Waals surface area contributed by atoms with E-state index in [1.165, 1.54) is 0 Å². The van der Waals surface area contributed by atoms with Gasteiger partial charge in [-0.15, -0.1) is 0 Å². The van der Waals surface area contributed by atoms with Gasteiger partial charge in [-0.2, -0.15) is 5.26 Å². The molecule has 0 N–H and O–H groups in total. The molecule has 0 saturated carbocycles. The molecule has 0 amide bonds. The fourth-order valence-electron chi connectivity index (χ4n) is 1.76. The van der Waals surface area contributed by atoms with E-state index in [0.29, 0.717) is 23.5 Å². The molecule has 0 bridgehead atoms. The van der Waals surface area contributed by atoms with Crippen molar-refractivity contribution in [3.8, 4) is 17.6 Å². The largest absolute Gasteiger partial charge is 0.494 e. The minimum absolute atomic E-state index is 0.0418. The molecule has 0 aromatic heterocycles. The van der Waals surface area contributed by atoms with E-state index in [9.17, 15) is 4.79 Å². The van der Waals surface area contributed by atoms with Crippen molar-refractivity contribution in [2.75, 3.05) is 13.2 Å². The van der Waals surface area contributed by atoms with Crippen LogP contribution in [0.1, 0.15) is 22.8 Å². The Kier molecular flexibility index (Phi) is 4.94. The predicted molar refractivity (Wildman–Crippen MR) is 78.6 cm³/mol. The van der Waals surface area contributed by atoms with E-state index < -0.39 is 0 Å². The second kappa shape index (κ2) is 7.11. The van der Waals surface area contributed by atoms with E-state index in [2.05, 4.69) is 0 Å². The molecule has 0 spiro atoms. The molecule has 0 aliphatic rings. The number of nitrogens with zero attached hydrogens (tertiary/aromatic N) is 1. The monoisotopic (exact) mass is 281 g/mol. The molecule has 0 aliphatic carbocycles. The fourth-order valence-corrected chi connectivity index (χ4v) is 1.76. The summed E-state index contributed by atoms with van der Waals surface area (Å²) in [4.78, 5) is 12.0. The summed E-state index contributed by atoms with van der Waals surface area (Å²) in [6, 6.07) is 15.6. The molecule has 0 atom stereocenters. The van der Waals surface area contributed by atoms with E-state index in [-0.39, 0.29) is 12.4 Å². The summed E-state index contributed by atoms with van der Waals surface area (Å²) in [6.45, 7) is 2.48. The lowest BCUT2D eigenvalue weighted by molar-refractivity contribution is 0.0921. The van der Waals surface area contributed by atoms with E-state index in [1.807, 2.05) is 13.0 Å². The van der Waals surface area contributed by atoms with Crippen LogP contribution >= 0.6 is 0 Å². The number of carbonyl (C=O) groups excluding carboxylic acids is 1. The summed E-state index contributed by atoms with van der Waals surface area (Å²) < 4.78 is 10.8. The van der Waals surface area contributed by atoms with Gasteiger partial charge in [-0.1, -0.05) is 0 Å². The van der Waals surface area contributed by atoms with Gasteiger partial charge in [0, 0.05) is 5.56 Å². The van der Waals surface area contributed by atoms with Gasteiger partial charge >= 0.3 is 0 Å². The first-order valence-electron chi connectivity index (χ1n) is 6.62. The maximum atomic E-state index is 12.0. The summed E-state index contributed by atoms with van der Waals surface area (Å²) >= 11 is 0. The Hall–Kier alpha value is -2.80. The highest BCUT2D eigenvalue weighted by Crippen LogP contribution is 2.17. The van der Waals surface area contributed by atoms with Gasteiger partial charge in [0.25, 0.3) is 0 Å². The molecule has 2 aromatic carbocycles. The summed E-state index contributed by atoms with van der Waals surface area (Å²) in [6.07, 6.45) is 0. The molecular weight excluding hydrogens is 266 g/mol. The van der Waals surface area contributed by atoms with Gasteiger partial charge in [0.1, 0.15) is 11.5 Å². The number of ether oxygens (including phenoxy) is 2. The first-order valence-corrected chi connectivity index (χ1v) is 6.62. The summed E-state index contributed by atoms with van der Waals surface area (Å²) in [5.41, 5.74) is 1.05. The van der Waals surface area contributed by atoms with Crippen LogP contribution in [0, 0.1) is 11.3 Å². The summed E-state index contributed by atoms with van der Waals surface area (Å²) in [7, 11) is 0. The highest BCUT2D eigenvalue weighted by atomic mass is 16.5. The number of ketones is 1.